The van der Waals surface area contributed by atoms with E-state index in [2.05, 4.69) is 289 Å². The van der Waals surface area contributed by atoms with E-state index in [9.17, 15) is 0 Å². The highest BCUT2D eigenvalue weighted by Gasteiger charge is 2.50. The van der Waals surface area contributed by atoms with E-state index in [4.69, 9.17) is 0 Å². The van der Waals surface area contributed by atoms with Gasteiger partial charge in [0.15, 0.2) is 0 Å². The summed E-state index contributed by atoms with van der Waals surface area (Å²) >= 11 is 1.90. The molecule has 1 spiro atoms. The van der Waals surface area contributed by atoms with Crippen LogP contribution in [0.3, 0.4) is 0 Å². The van der Waals surface area contributed by atoms with Crippen LogP contribution in [0.5, 0.6) is 0 Å². The Labute approximate surface area is 446 Å². The van der Waals surface area contributed by atoms with Gasteiger partial charge < -0.3 is 9.80 Å². The molecule has 1 aromatic heterocycles. The van der Waals surface area contributed by atoms with Crippen molar-refractivity contribution in [2.45, 2.75) is 5.41 Å². The van der Waals surface area contributed by atoms with Gasteiger partial charge in [0.1, 0.15) is 0 Å². The van der Waals surface area contributed by atoms with Gasteiger partial charge in [-0.3, -0.25) is 0 Å². The first-order chi connectivity index (χ1) is 37.7. The fraction of sp³-hybridized carbons (Fsp3) is 0.0137. The van der Waals surface area contributed by atoms with Crippen LogP contribution < -0.4 is 9.80 Å². The minimum atomic E-state index is -0.643. The Bertz CT molecular complexity index is 4480. The van der Waals surface area contributed by atoms with E-state index in [0.717, 1.165) is 34.1 Å². The second-order valence-electron chi connectivity index (χ2n) is 20.3. The van der Waals surface area contributed by atoms with E-state index < -0.39 is 5.41 Å². The van der Waals surface area contributed by atoms with Crippen molar-refractivity contribution in [2.24, 2.45) is 0 Å². The molecule has 1 aliphatic heterocycles. The highest BCUT2D eigenvalue weighted by Crippen LogP contribution is 2.64. The zero-order chi connectivity index (χ0) is 49.9. The minimum Gasteiger partial charge on any atom is -0.308 e. The summed E-state index contributed by atoms with van der Waals surface area (Å²) in [5.74, 6) is 0. The third-order valence-electron chi connectivity index (χ3n) is 16.4. The van der Waals surface area contributed by atoms with Gasteiger partial charge in [-0.25, -0.2) is 0 Å². The van der Waals surface area contributed by atoms with Crippen LogP contribution >= 0.6 is 11.3 Å². The lowest BCUT2D eigenvalue weighted by Crippen LogP contribution is -2.29. The van der Waals surface area contributed by atoms with Crippen LogP contribution in [-0.2, 0) is 5.41 Å². The Kier molecular flexibility index (Phi) is 9.45. The summed E-state index contributed by atoms with van der Waals surface area (Å²) in [5.41, 5.74) is 25.8. The average molecular weight is 983 g/mol. The lowest BCUT2D eigenvalue weighted by atomic mass is 9.65. The predicted molar refractivity (Wildman–Crippen MR) is 320 cm³/mol. The third kappa shape index (κ3) is 6.15. The number of hydrogen-bond donors (Lipinski definition) is 0. The molecule has 2 heterocycles. The zero-order valence-corrected chi connectivity index (χ0v) is 42.2. The van der Waals surface area contributed by atoms with Crippen LogP contribution in [0.15, 0.2) is 279 Å². The SMILES string of the molecule is c1ccc(-c2ccc(N(c3ccc4c(c3)-c3ccccc3-c3ccccc3C43c4ccccc4-c4cc5sc6ccccc6c5cc43)c3cccc4c3N(c3ccccc3)c3ccccc3-c3ccccc3-4)cc2)cc1. The summed E-state index contributed by atoms with van der Waals surface area (Å²) in [4.78, 5) is 5.02. The number of anilines is 6. The van der Waals surface area contributed by atoms with E-state index >= 15 is 0 Å². The number of hydrogen-bond acceptors (Lipinski definition) is 3. The lowest BCUT2D eigenvalue weighted by Gasteiger charge is -2.37. The Morgan fingerprint density at radius 3 is 1.55 bits per heavy atom. The maximum Gasteiger partial charge on any atom is 0.0781 e. The summed E-state index contributed by atoms with van der Waals surface area (Å²) < 4.78 is 2.63. The molecule has 0 bridgehead atoms. The Balaban J connectivity index is 1.01. The number of para-hydroxylation sites is 3. The molecular formula is C73H46N2S. The largest absolute Gasteiger partial charge is 0.308 e. The highest BCUT2D eigenvalue weighted by molar-refractivity contribution is 7.25. The molecule has 0 N–H and O–H groups in total. The van der Waals surface area contributed by atoms with Gasteiger partial charge in [0.05, 0.1) is 22.5 Å². The molecule has 0 saturated carbocycles. The van der Waals surface area contributed by atoms with E-state index in [0.29, 0.717) is 0 Å². The van der Waals surface area contributed by atoms with E-state index in [-0.39, 0.29) is 0 Å². The summed E-state index contributed by atoms with van der Waals surface area (Å²) in [6.07, 6.45) is 0. The summed E-state index contributed by atoms with van der Waals surface area (Å²) in [6.45, 7) is 0. The van der Waals surface area contributed by atoms with Crippen molar-refractivity contribution in [3.63, 3.8) is 0 Å². The number of fused-ring (bicyclic) bond motifs is 20. The summed E-state index contributed by atoms with van der Waals surface area (Å²) in [7, 11) is 0. The quantitative estimate of drug-likeness (QED) is 0.170. The van der Waals surface area contributed by atoms with Crippen LogP contribution in [0, 0.1) is 0 Å². The van der Waals surface area contributed by atoms with E-state index in [1.54, 1.807) is 0 Å². The molecule has 13 aromatic rings. The van der Waals surface area contributed by atoms with Crippen molar-refractivity contribution in [3.8, 4) is 66.8 Å². The standard InChI is InChI=1S/C73H46N2S/c1-3-20-47(21-4-1)48-38-40-50(41-39-48)74(69-36-19-32-60-54-26-9-8-25-53(54)58-30-13-17-35-68(58)75(72(60)69)49-22-5-2-6-23-49)51-42-43-66-61(44-51)55-27-10-7-24-52(55)56-28-11-15-33-64(56)73(66)65-34-16-12-29-57(65)62-46-71-63(45-67(62)73)59-31-14-18-37-70(59)76-71/h1-46H. The molecule has 0 saturated heterocycles. The van der Waals surface area contributed by atoms with Crippen molar-refractivity contribution in [3.05, 3.63) is 301 Å². The van der Waals surface area contributed by atoms with Gasteiger partial charge in [0.2, 0.25) is 0 Å². The lowest BCUT2D eigenvalue weighted by molar-refractivity contribution is 0.776. The first-order valence-electron chi connectivity index (χ1n) is 26.2. The van der Waals surface area contributed by atoms with Crippen LogP contribution in [0.2, 0.25) is 0 Å². The molecule has 3 aliphatic rings. The van der Waals surface area contributed by atoms with Gasteiger partial charge in [-0.05, 0) is 145 Å². The maximum atomic E-state index is 2.56. The van der Waals surface area contributed by atoms with Gasteiger partial charge in [-0.2, -0.15) is 0 Å². The molecule has 1 unspecified atom stereocenters. The maximum absolute atomic E-state index is 2.56. The molecule has 0 radical (unpaired) electrons. The predicted octanol–water partition coefficient (Wildman–Crippen LogP) is 20.3. The number of benzene rings is 12. The van der Waals surface area contributed by atoms with Crippen molar-refractivity contribution >= 4 is 65.6 Å². The molecule has 3 heteroatoms. The van der Waals surface area contributed by atoms with Gasteiger partial charge in [0.25, 0.3) is 0 Å². The van der Waals surface area contributed by atoms with Crippen LogP contribution in [0.1, 0.15) is 22.3 Å². The zero-order valence-electron chi connectivity index (χ0n) is 41.4. The molecule has 1 atom stereocenters. The summed E-state index contributed by atoms with van der Waals surface area (Å²) in [6, 6.07) is 104. The topological polar surface area (TPSA) is 6.48 Å². The molecule has 2 nitrogen and oxygen atoms in total. The molecule has 2 aliphatic carbocycles. The molecular weight excluding hydrogens is 937 g/mol. The van der Waals surface area contributed by atoms with Crippen molar-refractivity contribution < 1.29 is 0 Å². The molecule has 0 fully saturated rings. The first kappa shape index (κ1) is 42.9. The van der Waals surface area contributed by atoms with Gasteiger partial charge in [-0.15, -0.1) is 11.3 Å². The Hall–Kier alpha value is -9.54. The van der Waals surface area contributed by atoms with Gasteiger partial charge in [-0.1, -0.05) is 212 Å². The van der Waals surface area contributed by atoms with E-state index in [1.807, 2.05) is 11.3 Å². The monoisotopic (exact) mass is 982 g/mol. The Morgan fingerprint density at radius 2 is 0.816 bits per heavy atom. The molecule has 0 amide bonds. The van der Waals surface area contributed by atoms with E-state index in [1.165, 1.54) is 109 Å². The third-order valence-corrected chi connectivity index (χ3v) is 17.6. The molecule has 12 aromatic carbocycles. The van der Waals surface area contributed by atoms with Gasteiger partial charge in [0, 0.05) is 48.4 Å². The second-order valence-corrected chi connectivity index (χ2v) is 21.3. The van der Waals surface area contributed by atoms with Crippen molar-refractivity contribution in [2.75, 3.05) is 9.80 Å². The average Bonchev–Trinajstić information content (AvgIpc) is 4.09. The van der Waals surface area contributed by atoms with Crippen LogP contribution in [0.25, 0.3) is 86.9 Å². The van der Waals surface area contributed by atoms with Crippen LogP contribution in [0.4, 0.5) is 34.1 Å². The smallest absolute Gasteiger partial charge is 0.0781 e. The molecule has 16 rings (SSSR count). The summed E-state index contributed by atoms with van der Waals surface area (Å²) in [5, 5.41) is 2.62. The molecule has 354 valence electrons. The highest BCUT2D eigenvalue weighted by atomic mass is 32.1. The number of rotatable bonds is 5. The fourth-order valence-corrected chi connectivity index (χ4v) is 14.4. The van der Waals surface area contributed by atoms with Crippen molar-refractivity contribution in [1.82, 2.24) is 0 Å². The van der Waals surface area contributed by atoms with Crippen LogP contribution in [-0.4, -0.2) is 0 Å². The second kappa shape index (κ2) is 16.7. The number of thiophene rings is 1. The number of nitrogens with zero attached hydrogens (tertiary/aromatic N) is 2. The Morgan fingerprint density at radius 1 is 0.303 bits per heavy atom. The van der Waals surface area contributed by atoms with Crippen molar-refractivity contribution in [1.29, 1.82) is 0 Å². The first-order valence-corrected chi connectivity index (χ1v) is 27.1. The fourth-order valence-electron chi connectivity index (χ4n) is 13.3. The minimum absolute atomic E-state index is 0.643. The normalized spacial score (nSPS) is 14.3. The molecule has 76 heavy (non-hydrogen) atoms. The van der Waals surface area contributed by atoms with Gasteiger partial charge >= 0.3 is 0 Å².